The summed E-state index contributed by atoms with van der Waals surface area (Å²) in [5.74, 6) is 0.495. The van der Waals surface area contributed by atoms with Gasteiger partial charge in [0.05, 0.1) is 17.8 Å². The van der Waals surface area contributed by atoms with Crippen LogP contribution in [-0.2, 0) is 16.6 Å². The summed E-state index contributed by atoms with van der Waals surface area (Å²) in [6, 6.07) is 2.17. The normalized spacial score (nSPS) is 31.8. The van der Waals surface area contributed by atoms with Gasteiger partial charge >= 0.3 is 0 Å². The average Bonchev–Trinajstić information content (AvgIpc) is 3.08. The Morgan fingerprint density at radius 1 is 1.25 bits per heavy atom. The van der Waals surface area contributed by atoms with E-state index >= 15 is 0 Å². The van der Waals surface area contributed by atoms with Crippen LogP contribution in [0.25, 0.3) is 0 Å². The van der Waals surface area contributed by atoms with Crippen LogP contribution in [0.2, 0.25) is 0 Å². The first-order valence-electron chi connectivity index (χ1n) is 7.37. The van der Waals surface area contributed by atoms with Crippen molar-refractivity contribution in [2.75, 3.05) is 19.6 Å². The molecule has 3 fully saturated rings. The minimum atomic E-state index is -3.02. The van der Waals surface area contributed by atoms with Crippen molar-refractivity contribution in [2.24, 2.45) is 5.92 Å². The number of hydrogen-bond acceptors (Lipinski definition) is 4. The van der Waals surface area contributed by atoms with Crippen molar-refractivity contribution in [1.29, 1.82) is 0 Å². The van der Waals surface area contributed by atoms with Gasteiger partial charge in [0.1, 0.15) is 0 Å². The van der Waals surface area contributed by atoms with Crippen LogP contribution in [0.1, 0.15) is 24.8 Å². The number of likely N-dealkylation sites (tertiary alicyclic amines) is 1. The number of hydrogen-bond donors (Lipinski definition) is 0. The first-order chi connectivity index (χ1) is 9.63. The average molecular weight is 296 g/mol. The molecule has 1 aromatic rings. The summed E-state index contributed by atoms with van der Waals surface area (Å²) in [7, 11) is -3.02. The predicted molar refractivity (Wildman–Crippen MR) is 74.5 cm³/mol. The molecule has 2 atom stereocenters. The Hall–Kier alpha value is -0.850. The van der Waals surface area contributed by atoms with Crippen molar-refractivity contribution >= 4 is 10.0 Å². The van der Waals surface area contributed by atoms with Crippen LogP contribution in [0.5, 0.6) is 0 Å². The van der Waals surface area contributed by atoms with Crippen molar-refractivity contribution in [1.82, 2.24) is 9.21 Å². The molecular formula is C14H20N2O3S. The molecule has 2 aliphatic heterocycles. The lowest BCUT2D eigenvalue weighted by molar-refractivity contribution is 0.175. The third kappa shape index (κ3) is 2.19. The van der Waals surface area contributed by atoms with Gasteiger partial charge in [-0.2, -0.15) is 4.31 Å². The van der Waals surface area contributed by atoms with Gasteiger partial charge < -0.3 is 4.42 Å². The molecule has 3 aliphatic rings. The first-order valence-corrected chi connectivity index (χ1v) is 8.87. The van der Waals surface area contributed by atoms with Crippen LogP contribution in [0.4, 0.5) is 0 Å². The van der Waals surface area contributed by atoms with Crippen LogP contribution < -0.4 is 0 Å². The maximum Gasteiger partial charge on any atom is 0.217 e. The van der Waals surface area contributed by atoms with Crippen molar-refractivity contribution in [3.63, 3.8) is 0 Å². The summed E-state index contributed by atoms with van der Waals surface area (Å²) in [5.41, 5.74) is 1.17. The molecule has 0 N–H and O–H groups in total. The molecule has 3 heterocycles. The Morgan fingerprint density at radius 2 is 2.10 bits per heavy atom. The molecule has 1 saturated carbocycles. The monoisotopic (exact) mass is 296 g/mol. The molecule has 0 amide bonds. The quantitative estimate of drug-likeness (QED) is 0.840. The van der Waals surface area contributed by atoms with Crippen LogP contribution >= 0.6 is 0 Å². The SMILES string of the molecule is O=S(=O)(C1CC1)N1C[C@H]2C[C@H]1CN(Cc1ccoc1)C2. The summed E-state index contributed by atoms with van der Waals surface area (Å²) < 4.78 is 31.8. The van der Waals surface area contributed by atoms with Gasteiger partial charge in [0, 0.05) is 37.8 Å². The van der Waals surface area contributed by atoms with Crippen molar-refractivity contribution in [3.8, 4) is 0 Å². The standard InChI is InChI=1S/C14H20N2O3S/c17-20(18,14-1-2-14)16-8-12-5-13(16)9-15(7-12)6-11-3-4-19-10-11/h3-4,10,12-14H,1-2,5-9H2/t12-,13-/m0/s1. The van der Waals surface area contributed by atoms with E-state index in [2.05, 4.69) is 4.90 Å². The summed E-state index contributed by atoms with van der Waals surface area (Å²) in [6.07, 6.45) is 6.21. The summed E-state index contributed by atoms with van der Waals surface area (Å²) in [4.78, 5) is 2.37. The van der Waals surface area contributed by atoms with E-state index in [0.717, 1.165) is 45.4 Å². The fourth-order valence-corrected chi connectivity index (χ4v) is 5.76. The molecule has 0 radical (unpaired) electrons. The Morgan fingerprint density at radius 3 is 2.80 bits per heavy atom. The molecule has 0 unspecified atom stereocenters. The van der Waals surface area contributed by atoms with Gasteiger partial charge in [-0.1, -0.05) is 0 Å². The number of furan rings is 1. The number of nitrogens with zero attached hydrogens (tertiary/aromatic N) is 2. The lowest BCUT2D eigenvalue weighted by Gasteiger charge is -2.32. The Labute approximate surface area is 119 Å². The Bertz CT molecular complexity index is 580. The highest BCUT2D eigenvalue weighted by atomic mass is 32.2. The summed E-state index contributed by atoms with van der Waals surface area (Å²) >= 11 is 0. The number of fused-ring (bicyclic) bond motifs is 2. The van der Waals surface area contributed by atoms with E-state index in [-0.39, 0.29) is 11.3 Å². The molecule has 110 valence electrons. The van der Waals surface area contributed by atoms with Crippen LogP contribution in [0.3, 0.4) is 0 Å². The molecule has 2 bridgehead atoms. The third-order valence-corrected chi connectivity index (χ3v) is 7.11. The van der Waals surface area contributed by atoms with Crippen LogP contribution in [0.15, 0.2) is 23.0 Å². The van der Waals surface area contributed by atoms with Gasteiger partial charge in [0.15, 0.2) is 0 Å². The van der Waals surface area contributed by atoms with Crippen LogP contribution in [0, 0.1) is 5.92 Å². The van der Waals surface area contributed by atoms with Gasteiger partial charge in [-0.25, -0.2) is 8.42 Å². The van der Waals surface area contributed by atoms with Crippen molar-refractivity contribution in [2.45, 2.75) is 37.1 Å². The third-order valence-electron chi connectivity index (χ3n) is 4.69. The molecule has 5 nitrogen and oxygen atoms in total. The summed E-state index contributed by atoms with van der Waals surface area (Å²) in [5, 5.41) is -0.0795. The molecule has 6 heteroatoms. The van der Waals surface area contributed by atoms with E-state index in [1.807, 2.05) is 10.4 Å². The van der Waals surface area contributed by atoms with Gasteiger partial charge in [0.2, 0.25) is 10.0 Å². The maximum absolute atomic E-state index is 12.5. The Balaban J connectivity index is 1.48. The second-order valence-electron chi connectivity index (χ2n) is 6.40. The highest BCUT2D eigenvalue weighted by molar-refractivity contribution is 7.90. The van der Waals surface area contributed by atoms with Gasteiger partial charge in [0.25, 0.3) is 0 Å². The lowest BCUT2D eigenvalue weighted by atomic mass is 10.00. The van der Waals surface area contributed by atoms with E-state index in [1.165, 1.54) is 5.56 Å². The minimum Gasteiger partial charge on any atom is -0.472 e. The minimum absolute atomic E-state index is 0.0795. The van der Waals surface area contributed by atoms with Gasteiger partial charge in [-0.3, -0.25) is 4.90 Å². The smallest absolute Gasteiger partial charge is 0.217 e. The van der Waals surface area contributed by atoms with Crippen molar-refractivity contribution in [3.05, 3.63) is 24.2 Å². The van der Waals surface area contributed by atoms with Gasteiger partial charge in [-0.05, 0) is 31.2 Å². The zero-order chi connectivity index (χ0) is 13.7. The zero-order valence-electron chi connectivity index (χ0n) is 11.4. The molecular weight excluding hydrogens is 276 g/mol. The zero-order valence-corrected chi connectivity index (χ0v) is 12.3. The molecule has 0 aromatic carbocycles. The van der Waals surface area contributed by atoms with E-state index in [4.69, 9.17) is 4.42 Å². The largest absolute Gasteiger partial charge is 0.472 e. The predicted octanol–water partition coefficient (Wildman–Crippen LogP) is 1.28. The fraction of sp³-hybridized carbons (Fsp3) is 0.714. The van der Waals surface area contributed by atoms with E-state index < -0.39 is 10.0 Å². The number of rotatable bonds is 4. The maximum atomic E-state index is 12.5. The van der Waals surface area contributed by atoms with E-state index in [9.17, 15) is 8.42 Å². The molecule has 1 aliphatic carbocycles. The number of piperidine rings is 1. The highest BCUT2D eigenvalue weighted by Gasteiger charge is 2.49. The molecule has 2 saturated heterocycles. The fourth-order valence-electron chi connectivity index (χ4n) is 3.65. The van der Waals surface area contributed by atoms with Crippen molar-refractivity contribution < 1.29 is 12.8 Å². The van der Waals surface area contributed by atoms with Gasteiger partial charge in [-0.15, -0.1) is 0 Å². The van der Waals surface area contributed by atoms with E-state index in [1.54, 1.807) is 12.5 Å². The first kappa shape index (κ1) is 12.9. The topological polar surface area (TPSA) is 53.8 Å². The second-order valence-corrected chi connectivity index (χ2v) is 8.56. The molecule has 1 aromatic heterocycles. The Kier molecular flexibility index (Phi) is 2.94. The number of sulfonamides is 1. The molecule has 4 rings (SSSR count). The van der Waals surface area contributed by atoms with E-state index in [0.29, 0.717) is 5.92 Å². The highest BCUT2D eigenvalue weighted by Crippen LogP contribution is 2.38. The molecule has 0 spiro atoms. The second kappa shape index (κ2) is 4.58. The van der Waals surface area contributed by atoms with Crippen LogP contribution in [-0.4, -0.2) is 48.5 Å². The lowest BCUT2D eigenvalue weighted by Crippen LogP contribution is -2.44. The summed E-state index contributed by atoms with van der Waals surface area (Å²) in [6.45, 7) is 3.44. The molecule has 20 heavy (non-hydrogen) atoms.